The van der Waals surface area contributed by atoms with Crippen molar-refractivity contribution in [3.05, 3.63) is 29.7 Å². The Balaban J connectivity index is 1.74. The predicted octanol–water partition coefficient (Wildman–Crippen LogP) is 3.45. The first kappa shape index (κ1) is 17.5. The number of rotatable bonds is 3. The third kappa shape index (κ3) is 3.87. The van der Waals surface area contributed by atoms with E-state index in [0.29, 0.717) is 23.9 Å². The molecule has 3 heterocycles. The SMILES string of the molecule is C=Cc1cnc2c(N[C@H]3CCN(C(=O)OC(C)(C)C)C3)cc(Cl)nn12. The number of anilines is 1. The van der Waals surface area contributed by atoms with Gasteiger partial charge in [-0.25, -0.2) is 14.3 Å². The number of carbonyl (C=O) groups excluding carboxylic acids is 1. The van der Waals surface area contributed by atoms with Gasteiger partial charge in [0.25, 0.3) is 0 Å². The van der Waals surface area contributed by atoms with Gasteiger partial charge in [-0.2, -0.15) is 5.10 Å². The van der Waals surface area contributed by atoms with Crippen LogP contribution >= 0.6 is 11.6 Å². The van der Waals surface area contributed by atoms with Crippen LogP contribution in [0.15, 0.2) is 18.8 Å². The van der Waals surface area contributed by atoms with Crippen LogP contribution in [-0.4, -0.2) is 50.3 Å². The number of amides is 1. The lowest BCUT2D eigenvalue weighted by molar-refractivity contribution is 0.0293. The number of hydrogen-bond acceptors (Lipinski definition) is 5. The molecule has 2 aromatic rings. The van der Waals surface area contributed by atoms with Gasteiger partial charge in [-0.15, -0.1) is 0 Å². The highest BCUT2D eigenvalue weighted by Gasteiger charge is 2.30. The van der Waals surface area contributed by atoms with Crippen LogP contribution in [0.25, 0.3) is 11.7 Å². The summed E-state index contributed by atoms with van der Waals surface area (Å²) >= 11 is 6.13. The lowest BCUT2D eigenvalue weighted by atomic mass is 10.2. The van der Waals surface area contributed by atoms with Gasteiger partial charge < -0.3 is 15.0 Å². The fourth-order valence-electron chi connectivity index (χ4n) is 2.79. The van der Waals surface area contributed by atoms with Crippen LogP contribution in [0.1, 0.15) is 32.9 Å². The lowest BCUT2D eigenvalue weighted by Crippen LogP contribution is -2.36. The van der Waals surface area contributed by atoms with Crippen molar-refractivity contribution in [3.63, 3.8) is 0 Å². The standard InChI is InChI=1S/C17H22ClN5O2/c1-5-12-9-19-15-13(8-14(18)21-23(12)15)20-11-6-7-22(10-11)16(24)25-17(2,3)4/h5,8-9,11,20H,1,6-7,10H2,2-4H3/t11-/m0/s1. The van der Waals surface area contributed by atoms with Gasteiger partial charge in [0.2, 0.25) is 0 Å². The van der Waals surface area contributed by atoms with Crippen molar-refractivity contribution < 1.29 is 9.53 Å². The Hall–Kier alpha value is -2.28. The van der Waals surface area contributed by atoms with Crippen molar-refractivity contribution in [1.82, 2.24) is 19.5 Å². The molecule has 0 radical (unpaired) electrons. The first-order valence-corrected chi connectivity index (χ1v) is 8.56. The fourth-order valence-corrected chi connectivity index (χ4v) is 2.98. The first-order chi connectivity index (χ1) is 11.8. The molecule has 1 fully saturated rings. The fraction of sp³-hybridized carbons (Fsp3) is 0.471. The number of imidazole rings is 1. The summed E-state index contributed by atoms with van der Waals surface area (Å²) in [5, 5.41) is 8.03. The normalized spacial score (nSPS) is 17.8. The monoisotopic (exact) mass is 363 g/mol. The van der Waals surface area contributed by atoms with Crippen LogP contribution in [0.2, 0.25) is 5.15 Å². The molecule has 1 saturated heterocycles. The maximum atomic E-state index is 12.2. The van der Waals surface area contributed by atoms with Gasteiger partial charge in [0.1, 0.15) is 5.60 Å². The number of carbonyl (C=O) groups is 1. The number of aromatic nitrogens is 3. The van der Waals surface area contributed by atoms with Crippen molar-refractivity contribution in [2.24, 2.45) is 0 Å². The average molecular weight is 364 g/mol. The Kier molecular flexibility index (Phi) is 4.60. The summed E-state index contributed by atoms with van der Waals surface area (Å²) in [6.07, 6.45) is 3.90. The zero-order chi connectivity index (χ0) is 18.2. The molecule has 0 unspecified atom stereocenters. The van der Waals surface area contributed by atoms with Crippen molar-refractivity contribution in [2.75, 3.05) is 18.4 Å². The van der Waals surface area contributed by atoms with Crippen LogP contribution in [0.4, 0.5) is 10.5 Å². The predicted molar refractivity (Wildman–Crippen MR) is 97.9 cm³/mol. The number of nitrogens with zero attached hydrogens (tertiary/aromatic N) is 4. The highest BCUT2D eigenvalue weighted by Crippen LogP contribution is 2.24. The quantitative estimate of drug-likeness (QED) is 0.904. The topological polar surface area (TPSA) is 71.8 Å². The second-order valence-electron chi connectivity index (χ2n) is 7.06. The van der Waals surface area contributed by atoms with E-state index in [1.807, 2.05) is 20.8 Å². The molecular formula is C17H22ClN5O2. The molecule has 25 heavy (non-hydrogen) atoms. The van der Waals surface area contributed by atoms with E-state index < -0.39 is 5.60 Å². The van der Waals surface area contributed by atoms with E-state index in [9.17, 15) is 4.79 Å². The summed E-state index contributed by atoms with van der Waals surface area (Å²) in [7, 11) is 0. The molecule has 1 amide bonds. The van der Waals surface area contributed by atoms with Crippen LogP contribution in [0.3, 0.4) is 0 Å². The number of likely N-dealkylation sites (tertiary alicyclic amines) is 1. The van der Waals surface area contributed by atoms with Crippen molar-refractivity contribution in [2.45, 2.75) is 38.8 Å². The molecule has 1 atom stereocenters. The summed E-state index contributed by atoms with van der Waals surface area (Å²) in [5.74, 6) is 0. The number of halogens is 1. The molecule has 0 aliphatic carbocycles. The van der Waals surface area contributed by atoms with Crippen molar-refractivity contribution in [1.29, 1.82) is 0 Å². The maximum absolute atomic E-state index is 12.2. The molecule has 1 aliphatic rings. The Morgan fingerprint density at radius 2 is 2.28 bits per heavy atom. The zero-order valence-corrected chi connectivity index (χ0v) is 15.4. The second kappa shape index (κ2) is 6.55. The number of nitrogens with one attached hydrogen (secondary N) is 1. The van der Waals surface area contributed by atoms with Crippen LogP contribution < -0.4 is 5.32 Å². The Morgan fingerprint density at radius 3 is 2.96 bits per heavy atom. The van der Waals surface area contributed by atoms with Gasteiger partial charge in [-0.1, -0.05) is 18.2 Å². The van der Waals surface area contributed by atoms with E-state index >= 15 is 0 Å². The van der Waals surface area contributed by atoms with E-state index in [1.165, 1.54) is 0 Å². The van der Waals surface area contributed by atoms with Crippen LogP contribution in [0, 0.1) is 0 Å². The van der Waals surface area contributed by atoms with E-state index in [1.54, 1.807) is 27.8 Å². The molecular weight excluding hydrogens is 342 g/mol. The van der Waals surface area contributed by atoms with Crippen LogP contribution in [-0.2, 0) is 4.74 Å². The summed E-state index contributed by atoms with van der Waals surface area (Å²) in [6, 6.07) is 1.84. The third-order valence-corrected chi connectivity index (χ3v) is 4.06. The molecule has 3 rings (SSSR count). The van der Waals surface area contributed by atoms with Gasteiger partial charge in [0.15, 0.2) is 10.8 Å². The largest absolute Gasteiger partial charge is 0.444 e. The smallest absolute Gasteiger partial charge is 0.410 e. The van der Waals surface area contributed by atoms with Crippen molar-refractivity contribution >= 4 is 35.1 Å². The Morgan fingerprint density at radius 1 is 1.52 bits per heavy atom. The molecule has 7 nitrogen and oxygen atoms in total. The minimum Gasteiger partial charge on any atom is -0.444 e. The zero-order valence-electron chi connectivity index (χ0n) is 14.6. The molecule has 2 aromatic heterocycles. The van der Waals surface area contributed by atoms with E-state index in [-0.39, 0.29) is 12.1 Å². The number of hydrogen-bond donors (Lipinski definition) is 1. The summed E-state index contributed by atoms with van der Waals surface area (Å²) in [4.78, 5) is 18.3. The van der Waals surface area contributed by atoms with Gasteiger partial charge in [0.05, 0.1) is 17.6 Å². The van der Waals surface area contributed by atoms with E-state index in [2.05, 4.69) is 22.0 Å². The second-order valence-corrected chi connectivity index (χ2v) is 7.45. The molecule has 0 bridgehead atoms. The first-order valence-electron chi connectivity index (χ1n) is 8.18. The van der Waals surface area contributed by atoms with Crippen molar-refractivity contribution in [3.8, 4) is 0 Å². The molecule has 0 saturated carbocycles. The lowest BCUT2D eigenvalue weighted by Gasteiger charge is -2.24. The highest BCUT2D eigenvalue weighted by molar-refractivity contribution is 6.29. The summed E-state index contributed by atoms with van der Waals surface area (Å²) in [6.45, 7) is 10.6. The minimum absolute atomic E-state index is 0.0960. The molecule has 0 aromatic carbocycles. The number of fused-ring (bicyclic) bond motifs is 1. The minimum atomic E-state index is -0.496. The summed E-state index contributed by atoms with van der Waals surface area (Å²) in [5.41, 5.74) is 1.73. The number of ether oxygens (including phenoxy) is 1. The molecule has 134 valence electrons. The maximum Gasteiger partial charge on any atom is 0.410 e. The van der Waals surface area contributed by atoms with Gasteiger partial charge in [0, 0.05) is 25.2 Å². The Bertz CT molecular complexity index is 811. The molecule has 0 spiro atoms. The molecule has 8 heteroatoms. The van der Waals surface area contributed by atoms with Crippen LogP contribution in [0.5, 0.6) is 0 Å². The summed E-state index contributed by atoms with van der Waals surface area (Å²) < 4.78 is 7.08. The van der Waals surface area contributed by atoms with Gasteiger partial charge in [-0.3, -0.25) is 0 Å². The molecule has 1 N–H and O–H groups in total. The van der Waals surface area contributed by atoms with Gasteiger partial charge in [-0.05, 0) is 33.3 Å². The average Bonchev–Trinajstić information content (AvgIpc) is 3.12. The highest BCUT2D eigenvalue weighted by atomic mass is 35.5. The van der Waals surface area contributed by atoms with E-state index in [0.717, 1.165) is 17.8 Å². The Labute approximate surface area is 151 Å². The van der Waals surface area contributed by atoms with E-state index in [4.69, 9.17) is 16.3 Å². The molecule has 1 aliphatic heterocycles. The van der Waals surface area contributed by atoms with Gasteiger partial charge >= 0.3 is 6.09 Å². The third-order valence-electron chi connectivity index (χ3n) is 3.87.